The minimum absolute atomic E-state index is 0.0608. The van der Waals surface area contributed by atoms with Gasteiger partial charge in [-0.1, -0.05) is 6.07 Å². The van der Waals surface area contributed by atoms with Crippen LogP contribution in [-0.4, -0.2) is 41.3 Å². The number of carbonyl (C=O) groups is 1. The maximum atomic E-state index is 12.3. The number of nitrogens with one attached hydrogen (secondary N) is 2. The van der Waals surface area contributed by atoms with Gasteiger partial charge in [0, 0.05) is 30.0 Å². The number of pyridine rings is 1. The highest BCUT2D eigenvalue weighted by Gasteiger charge is 2.62. The SMILES string of the molecule is COc1ccc2c(c1)[C@]13CCN[C@H](C2)[C@]1(O)Cc1cc(C(N)=O)c(=O)[nH]c1C3. The summed E-state index contributed by atoms with van der Waals surface area (Å²) in [6.07, 6.45) is 2.33. The zero-order chi connectivity index (χ0) is 19.7. The fraction of sp³-hybridized carbons (Fsp3) is 0.429. The third-order valence-electron chi connectivity index (χ3n) is 7.02. The van der Waals surface area contributed by atoms with Crippen molar-refractivity contribution >= 4 is 5.91 Å². The number of carbonyl (C=O) groups excluding carboxylic acids is 1. The van der Waals surface area contributed by atoms with Gasteiger partial charge in [0.25, 0.3) is 11.5 Å². The lowest BCUT2D eigenvalue weighted by Gasteiger charge is -2.61. The Morgan fingerprint density at radius 3 is 2.86 bits per heavy atom. The smallest absolute Gasteiger partial charge is 0.261 e. The lowest BCUT2D eigenvalue weighted by atomic mass is 9.50. The normalized spacial score (nSPS) is 30.0. The van der Waals surface area contributed by atoms with Gasteiger partial charge in [-0.25, -0.2) is 0 Å². The van der Waals surface area contributed by atoms with Crippen LogP contribution in [0.25, 0.3) is 0 Å². The van der Waals surface area contributed by atoms with Crippen LogP contribution in [0.3, 0.4) is 0 Å². The highest BCUT2D eigenvalue weighted by Crippen LogP contribution is 2.55. The molecule has 3 aliphatic rings. The maximum absolute atomic E-state index is 12.3. The highest BCUT2D eigenvalue weighted by atomic mass is 16.5. The number of methoxy groups -OCH3 is 1. The number of fused-ring (bicyclic) bond motifs is 2. The second-order valence-corrected chi connectivity index (χ2v) is 8.22. The number of aromatic amines is 1. The molecule has 7 heteroatoms. The number of H-pyrrole nitrogens is 1. The Morgan fingerprint density at radius 1 is 1.29 bits per heavy atom. The number of aliphatic hydroxyl groups is 1. The number of aromatic nitrogens is 1. The largest absolute Gasteiger partial charge is 0.497 e. The minimum atomic E-state index is -1.02. The van der Waals surface area contributed by atoms with Crippen molar-refractivity contribution in [3.8, 4) is 5.75 Å². The van der Waals surface area contributed by atoms with Crippen molar-refractivity contribution in [1.82, 2.24) is 10.3 Å². The van der Waals surface area contributed by atoms with Gasteiger partial charge in [0.05, 0.1) is 12.7 Å². The number of rotatable bonds is 2. The topological polar surface area (TPSA) is 117 Å². The van der Waals surface area contributed by atoms with Gasteiger partial charge in [0.15, 0.2) is 0 Å². The second-order valence-electron chi connectivity index (χ2n) is 8.22. The Morgan fingerprint density at radius 2 is 2.11 bits per heavy atom. The van der Waals surface area contributed by atoms with Crippen LogP contribution in [0.5, 0.6) is 5.75 Å². The van der Waals surface area contributed by atoms with Crippen molar-refractivity contribution in [2.75, 3.05) is 13.7 Å². The van der Waals surface area contributed by atoms with Gasteiger partial charge >= 0.3 is 0 Å². The molecule has 1 fully saturated rings. The molecule has 0 unspecified atom stereocenters. The van der Waals surface area contributed by atoms with Crippen LogP contribution in [0.1, 0.15) is 39.2 Å². The molecule has 3 atom stereocenters. The number of ether oxygens (including phenoxy) is 1. The van der Waals surface area contributed by atoms with Crippen LogP contribution < -0.4 is 21.3 Å². The Bertz CT molecular complexity index is 1060. The van der Waals surface area contributed by atoms with Crippen LogP contribution >= 0.6 is 0 Å². The molecule has 28 heavy (non-hydrogen) atoms. The van der Waals surface area contributed by atoms with E-state index in [9.17, 15) is 14.7 Å². The summed E-state index contributed by atoms with van der Waals surface area (Å²) in [5.41, 5.74) is 7.13. The minimum Gasteiger partial charge on any atom is -0.497 e. The van der Waals surface area contributed by atoms with Crippen LogP contribution in [0.2, 0.25) is 0 Å². The summed E-state index contributed by atoms with van der Waals surface area (Å²) >= 11 is 0. The number of piperidine rings is 1. The molecule has 2 aromatic rings. The Labute approximate surface area is 161 Å². The number of hydrogen-bond acceptors (Lipinski definition) is 5. The van der Waals surface area contributed by atoms with Crippen LogP contribution in [0.4, 0.5) is 0 Å². The predicted octanol–water partition coefficient (Wildman–Crippen LogP) is 0.168. The quantitative estimate of drug-likeness (QED) is 0.592. The van der Waals surface area contributed by atoms with Gasteiger partial charge < -0.3 is 25.9 Å². The third kappa shape index (κ3) is 2.11. The van der Waals surface area contributed by atoms with Gasteiger partial charge in [-0.3, -0.25) is 9.59 Å². The number of amides is 1. The first-order valence-electron chi connectivity index (χ1n) is 9.56. The van der Waals surface area contributed by atoms with E-state index in [0.29, 0.717) is 12.8 Å². The number of benzene rings is 1. The number of nitrogens with two attached hydrogens (primary N) is 1. The molecule has 5 rings (SSSR count). The average molecular weight is 381 g/mol. The van der Waals surface area contributed by atoms with Crippen molar-refractivity contribution in [3.63, 3.8) is 0 Å². The first-order valence-corrected chi connectivity index (χ1v) is 9.56. The monoisotopic (exact) mass is 381 g/mol. The lowest BCUT2D eigenvalue weighted by molar-refractivity contribution is -0.106. The van der Waals surface area contributed by atoms with Crippen LogP contribution in [-0.2, 0) is 24.7 Å². The van der Waals surface area contributed by atoms with Crippen LogP contribution in [0, 0.1) is 0 Å². The molecular weight excluding hydrogens is 358 g/mol. The van der Waals surface area contributed by atoms with Crippen molar-refractivity contribution in [2.24, 2.45) is 5.73 Å². The van der Waals surface area contributed by atoms with Gasteiger partial charge in [0.2, 0.25) is 0 Å². The fourth-order valence-electron chi connectivity index (χ4n) is 5.64. The van der Waals surface area contributed by atoms with E-state index in [4.69, 9.17) is 10.5 Å². The van der Waals surface area contributed by atoms with Gasteiger partial charge in [-0.2, -0.15) is 0 Å². The zero-order valence-corrected chi connectivity index (χ0v) is 15.7. The summed E-state index contributed by atoms with van der Waals surface area (Å²) in [5, 5.41) is 15.5. The molecule has 1 aromatic carbocycles. The second kappa shape index (κ2) is 5.68. The van der Waals surface area contributed by atoms with Crippen molar-refractivity contribution < 1.29 is 14.6 Å². The number of hydrogen-bond donors (Lipinski definition) is 4. The molecule has 1 saturated heterocycles. The van der Waals surface area contributed by atoms with E-state index in [1.165, 1.54) is 5.56 Å². The predicted molar refractivity (Wildman–Crippen MR) is 103 cm³/mol. The third-order valence-corrected chi connectivity index (χ3v) is 7.02. The molecule has 7 nitrogen and oxygen atoms in total. The highest BCUT2D eigenvalue weighted by molar-refractivity contribution is 5.92. The lowest BCUT2D eigenvalue weighted by Crippen LogP contribution is -2.73. The molecule has 146 valence electrons. The summed E-state index contributed by atoms with van der Waals surface area (Å²) in [6.45, 7) is 0.794. The summed E-state index contributed by atoms with van der Waals surface area (Å²) in [4.78, 5) is 26.8. The summed E-state index contributed by atoms with van der Waals surface area (Å²) in [6, 6.07) is 7.51. The molecule has 1 amide bonds. The van der Waals surface area contributed by atoms with Gasteiger partial charge in [-0.15, -0.1) is 0 Å². The number of primary amides is 1. The van der Waals surface area contributed by atoms with Gasteiger partial charge in [-0.05, 0) is 54.3 Å². The molecule has 0 radical (unpaired) electrons. The molecule has 1 aromatic heterocycles. The average Bonchev–Trinajstić information content (AvgIpc) is 2.65. The standard InChI is InChI=1S/C21H23N3O4/c1-28-13-3-2-11-7-17-21(27)9-12-6-14(18(22)25)19(26)24-16(12)10-20(21,4-5-23-17)15(11)8-13/h2-3,6,8,17,23,27H,4-5,7,9-10H2,1H3,(H2,22,25)(H,24,26)/t17-,20-,21-/m1/s1. The van der Waals surface area contributed by atoms with Gasteiger partial charge in [0.1, 0.15) is 11.3 Å². The fourth-order valence-corrected chi connectivity index (χ4v) is 5.64. The summed E-state index contributed by atoms with van der Waals surface area (Å²) in [5.74, 6) is 0.00389. The Kier molecular flexibility index (Phi) is 3.54. The van der Waals surface area contributed by atoms with E-state index in [0.717, 1.165) is 42.0 Å². The van der Waals surface area contributed by atoms with E-state index in [1.54, 1.807) is 13.2 Å². The molecular formula is C21H23N3O4. The van der Waals surface area contributed by atoms with E-state index in [2.05, 4.69) is 16.4 Å². The van der Waals surface area contributed by atoms with Crippen molar-refractivity contribution in [2.45, 2.75) is 42.7 Å². The van der Waals surface area contributed by atoms with E-state index < -0.39 is 22.5 Å². The Hall–Kier alpha value is -2.64. The van der Waals surface area contributed by atoms with Crippen molar-refractivity contribution in [1.29, 1.82) is 0 Å². The molecule has 0 saturated carbocycles. The zero-order valence-electron chi connectivity index (χ0n) is 15.7. The van der Waals surface area contributed by atoms with Crippen LogP contribution in [0.15, 0.2) is 29.1 Å². The first kappa shape index (κ1) is 17.5. The molecule has 5 N–H and O–H groups in total. The maximum Gasteiger partial charge on any atom is 0.261 e. The molecule has 0 spiro atoms. The molecule has 1 aliphatic heterocycles. The summed E-state index contributed by atoms with van der Waals surface area (Å²) in [7, 11) is 1.64. The first-order chi connectivity index (χ1) is 13.4. The molecule has 2 aliphatic carbocycles. The molecule has 2 bridgehead atoms. The van der Waals surface area contributed by atoms with E-state index >= 15 is 0 Å². The van der Waals surface area contributed by atoms with Crippen molar-refractivity contribution in [3.05, 3.63) is 62.6 Å². The molecule has 2 heterocycles. The van der Waals surface area contributed by atoms with E-state index in [1.807, 2.05) is 12.1 Å². The summed E-state index contributed by atoms with van der Waals surface area (Å²) < 4.78 is 5.45. The van der Waals surface area contributed by atoms with E-state index in [-0.39, 0.29) is 11.6 Å². The Balaban J connectivity index is 1.74.